The number of rotatable bonds is 6. The van der Waals surface area contributed by atoms with Gasteiger partial charge in [-0.3, -0.25) is 9.59 Å². The number of amides is 2. The van der Waals surface area contributed by atoms with Gasteiger partial charge in [0, 0.05) is 11.6 Å². The molecule has 5 heteroatoms. The number of benzene rings is 1. The fraction of sp³-hybridized carbons (Fsp3) is 0.579. The highest BCUT2D eigenvalue weighted by atomic mass is 16.5. The molecule has 24 heavy (non-hydrogen) atoms. The first-order valence-corrected chi connectivity index (χ1v) is 8.76. The van der Waals surface area contributed by atoms with Crippen LogP contribution in [0, 0.1) is 5.92 Å². The SMILES string of the molecule is COc1ccc(C(=O)N[C@@H](C(=O)NC2CCCCC2)C(C)C)cc1. The standard InChI is InChI=1S/C19H28N2O3/c1-13(2)17(19(23)20-15-7-5-4-6-8-15)21-18(22)14-9-11-16(24-3)12-10-14/h9-13,15,17H,4-8H2,1-3H3,(H,20,23)(H,21,22)/t17-/m1/s1. The van der Waals surface area contributed by atoms with Crippen LogP contribution in [0.1, 0.15) is 56.3 Å². The summed E-state index contributed by atoms with van der Waals surface area (Å²) in [5.74, 6) is 0.395. The molecule has 2 N–H and O–H groups in total. The second kappa shape index (κ2) is 8.71. The summed E-state index contributed by atoms with van der Waals surface area (Å²) in [6.45, 7) is 3.89. The molecule has 5 nitrogen and oxygen atoms in total. The molecule has 0 aliphatic heterocycles. The number of ether oxygens (including phenoxy) is 1. The van der Waals surface area contributed by atoms with E-state index in [-0.39, 0.29) is 23.8 Å². The minimum absolute atomic E-state index is 0.0239. The number of carbonyl (C=O) groups excluding carboxylic acids is 2. The van der Waals surface area contributed by atoms with Crippen LogP contribution in [0.25, 0.3) is 0 Å². The van der Waals surface area contributed by atoms with E-state index >= 15 is 0 Å². The normalized spacial score (nSPS) is 16.5. The van der Waals surface area contributed by atoms with Crippen molar-refractivity contribution in [3.63, 3.8) is 0 Å². The zero-order valence-electron chi connectivity index (χ0n) is 14.8. The average Bonchev–Trinajstić information content (AvgIpc) is 2.60. The van der Waals surface area contributed by atoms with E-state index < -0.39 is 6.04 Å². The first-order chi connectivity index (χ1) is 11.5. The third-order valence-electron chi connectivity index (χ3n) is 4.54. The summed E-state index contributed by atoms with van der Waals surface area (Å²) in [6.07, 6.45) is 5.63. The second-order valence-corrected chi connectivity index (χ2v) is 6.77. The predicted octanol–water partition coefficient (Wildman–Crippen LogP) is 2.90. The van der Waals surface area contributed by atoms with E-state index in [0.717, 1.165) is 25.7 Å². The minimum atomic E-state index is -0.526. The zero-order valence-corrected chi connectivity index (χ0v) is 14.8. The lowest BCUT2D eigenvalue weighted by Gasteiger charge is -2.27. The fourth-order valence-electron chi connectivity index (χ4n) is 3.04. The van der Waals surface area contributed by atoms with Crippen LogP contribution in [0.4, 0.5) is 0 Å². The Kier molecular flexibility index (Phi) is 6.64. The van der Waals surface area contributed by atoms with E-state index in [9.17, 15) is 9.59 Å². The number of hydrogen-bond acceptors (Lipinski definition) is 3. The topological polar surface area (TPSA) is 67.4 Å². The van der Waals surface area contributed by atoms with Crippen molar-refractivity contribution in [1.29, 1.82) is 0 Å². The Labute approximate surface area is 144 Å². The quantitative estimate of drug-likeness (QED) is 0.842. The Morgan fingerprint density at radius 2 is 1.71 bits per heavy atom. The number of hydrogen-bond donors (Lipinski definition) is 2. The largest absolute Gasteiger partial charge is 0.497 e. The highest BCUT2D eigenvalue weighted by Gasteiger charge is 2.27. The van der Waals surface area contributed by atoms with E-state index in [1.54, 1.807) is 31.4 Å². The molecule has 0 aromatic heterocycles. The van der Waals surface area contributed by atoms with Crippen LogP contribution >= 0.6 is 0 Å². The Morgan fingerprint density at radius 3 is 2.25 bits per heavy atom. The van der Waals surface area contributed by atoms with Crippen molar-refractivity contribution in [2.45, 2.75) is 58.0 Å². The van der Waals surface area contributed by atoms with E-state index in [2.05, 4.69) is 10.6 Å². The monoisotopic (exact) mass is 332 g/mol. The van der Waals surface area contributed by atoms with E-state index in [4.69, 9.17) is 4.74 Å². The second-order valence-electron chi connectivity index (χ2n) is 6.77. The maximum Gasteiger partial charge on any atom is 0.251 e. The molecule has 1 saturated carbocycles. The third kappa shape index (κ3) is 4.98. The molecule has 1 aliphatic rings. The lowest BCUT2D eigenvalue weighted by molar-refractivity contribution is -0.124. The van der Waals surface area contributed by atoms with Gasteiger partial charge < -0.3 is 15.4 Å². The molecule has 2 amide bonds. The van der Waals surface area contributed by atoms with Crippen LogP contribution in [0.5, 0.6) is 5.75 Å². The molecule has 0 heterocycles. The van der Waals surface area contributed by atoms with Gasteiger partial charge in [-0.15, -0.1) is 0 Å². The van der Waals surface area contributed by atoms with Gasteiger partial charge in [0.25, 0.3) is 5.91 Å². The molecule has 1 aliphatic carbocycles. The zero-order chi connectivity index (χ0) is 17.5. The first-order valence-electron chi connectivity index (χ1n) is 8.76. The summed E-state index contributed by atoms with van der Waals surface area (Å²) in [6, 6.07) is 6.59. The maximum absolute atomic E-state index is 12.6. The van der Waals surface area contributed by atoms with Crippen molar-refractivity contribution < 1.29 is 14.3 Å². The fourth-order valence-corrected chi connectivity index (χ4v) is 3.04. The van der Waals surface area contributed by atoms with Crippen molar-refractivity contribution in [2.24, 2.45) is 5.92 Å². The van der Waals surface area contributed by atoms with Crippen molar-refractivity contribution in [2.75, 3.05) is 7.11 Å². The molecule has 2 rings (SSSR count). The molecule has 0 spiro atoms. The number of nitrogens with one attached hydrogen (secondary N) is 2. The first kappa shape index (κ1) is 18.3. The van der Waals surface area contributed by atoms with E-state index in [1.807, 2.05) is 13.8 Å². The van der Waals surface area contributed by atoms with Crippen LogP contribution in [0.2, 0.25) is 0 Å². The van der Waals surface area contributed by atoms with Gasteiger partial charge >= 0.3 is 0 Å². The molecule has 0 unspecified atom stereocenters. The Balaban J connectivity index is 1.98. The van der Waals surface area contributed by atoms with Crippen LogP contribution in [0.3, 0.4) is 0 Å². The van der Waals surface area contributed by atoms with Crippen LogP contribution in [-0.2, 0) is 4.79 Å². The van der Waals surface area contributed by atoms with Gasteiger partial charge in [0.1, 0.15) is 11.8 Å². The molecular weight excluding hydrogens is 304 g/mol. The number of methoxy groups -OCH3 is 1. The van der Waals surface area contributed by atoms with Gasteiger partial charge in [0.2, 0.25) is 5.91 Å². The summed E-state index contributed by atoms with van der Waals surface area (Å²) in [5, 5.41) is 5.97. The van der Waals surface area contributed by atoms with Crippen LogP contribution in [0.15, 0.2) is 24.3 Å². The molecule has 132 valence electrons. The molecule has 1 aromatic carbocycles. The summed E-state index contributed by atoms with van der Waals surface area (Å²) in [7, 11) is 1.58. The maximum atomic E-state index is 12.6. The van der Waals surface area contributed by atoms with Crippen molar-refractivity contribution in [3.8, 4) is 5.75 Å². The van der Waals surface area contributed by atoms with Gasteiger partial charge in [0.05, 0.1) is 7.11 Å². The van der Waals surface area contributed by atoms with E-state index in [0.29, 0.717) is 11.3 Å². The molecule has 1 atom stereocenters. The molecular formula is C19H28N2O3. The minimum Gasteiger partial charge on any atom is -0.497 e. The third-order valence-corrected chi connectivity index (χ3v) is 4.54. The van der Waals surface area contributed by atoms with Gasteiger partial charge in [-0.1, -0.05) is 33.1 Å². The Hall–Kier alpha value is -2.04. The molecule has 1 aromatic rings. The summed E-state index contributed by atoms with van der Waals surface area (Å²) in [5.41, 5.74) is 0.520. The summed E-state index contributed by atoms with van der Waals surface area (Å²) < 4.78 is 5.10. The van der Waals surface area contributed by atoms with Crippen LogP contribution in [-0.4, -0.2) is 31.0 Å². The number of carbonyl (C=O) groups is 2. The lowest BCUT2D eigenvalue weighted by Crippen LogP contribution is -2.52. The molecule has 0 radical (unpaired) electrons. The highest BCUT2D eigenvalue weighted by molar-refractivity contribution is 5.97. The predicted molar refractivity (Wildman–Crippen MR) is 94.1 cm³/mol. The van der Waals surface area contributed by atoms with Crippen molar-refractivity contribution in [1.82, 2.24) is 10.6 Å². The Morgan fingerprint density at radius 1 is 1.08 bits per heavy atom. The molecule has 0 bridgehead atoms. The summed E-state index contributed by atoms with van der Waals surface area (Å²) in [4.78, 5) is 25.0. The van der Waals surface area contributed by atoms with Gasteiger partial charge in [0.15, 0.2) is 0 Å². The molecule has 0 saturated heterocycles. The van der Waals surface area contributed by atoms with Gasteiger partial charge in [-0.25, -0.2) is 0 Å². The highest BCUT2D eigenvalue weighted by Crippen LogP contribution is 2.18. The smallest absolute Gasteiger partial charge is 0.251 e. The lowest BCUT2D eigenvalue weighted by atomic mass is 9.94. The van der Waals surface area contributed by atoms with E-state index in [1.165, 1.54) is 6.42 Å². The van der Waals surface area contributed by atoms with Crippen LogP contribution < -0.4 is 15.4 Å². The van der Waals surface area contributed by atoms with Gasteiger partial charge in [-0.05, 0) is 43.0 Å². The average molecular weight is 332 g/mol. The van der Waals surface area contributed by atoms with Crippen molar-refractivity contribution in [3.05, 3.63) is 29.8 Å². The summed E-state index contributed by atoms with van der Waals surface area (Å²) >= 11 is 0. The van der Waals surface area contributed by atoms with Crippen molar-refractivity contribution >= 4 is 11.8 Å². The molecule has 1 fully saturated rings. The Bertz CT molecular complexity index is 548. The van der Waals surface area contributed by atoms with Gasteiger partial charge in [-0.2, -0.15) is 0 Å².